The number of benzene rings is 3. The van der Waals surface area contributed by atoms with Crippen LogP contribution in [0, 0.1) is 0 Å². The maximum absolute atomic E-state index is 12.3. The molecular weight excluding hydrogens is 388 g/mol. The van der Waals surface area contributed by atoms with Crippen molar-refractivity contribution in [2.24, 2.45) is 0 Å². The minimum atomic E-state index is -0.259. The van der Waals surface area contributed by atoms with Gasteiger partial charge in [0.05, 0.1) is 0 Å². The highest BCUT2D eigenvalue weighted by molar-refractivity contribution is 5.96. The van der Waals surface area contributed by atoms with Crippen molar-refractivity contribution in [3.63, 3.8) is 0 Å². The maximum Gasteiger partial charge on any atom is 0.262 e. The lowest BCUT2D eigenvalue weighted by atomic mass is 9.86. The first-order valence-corrected chi connectivity index (χ1v) is 10.3. The van der Waals surface area contributed by atoms with Crippen molar-refractivity contribution in [1.29, 1.82) is 0 Å². The van der Waals surface area contributed by atoms with Crippen molar-refractivity contribution in [1.82, 2.24) is 5.32 Å². The second-order valence-corrected chi connectivity index (χ2v) is 8.33. The molecule has 0 aliphatic carbocycles. The molecule has 0 aliphatic heterocycles. The predicted molar refractivity (Wildman–Crippen MR) is 123 cm³/mol. The van der Waals surface area contributed by atoms with E-state index in [4.69, 9.17) is 4.74 Å². The molecule has 160 valence electrons. The quantitative estimate of drug-likeness (QED) is 0.574. The number of amides is 2. The van der Waals surface area contributed by atoms with Gasteiger partial charge in [0.15, 0.2) is 6.61 Å². The van der Waals surface area contributed by atoms with Gasteiger partial charge in [-0.3, -0.25) is 9.59 Å². The van der Waals surface area contributed by atoms with Crippen LogP contribution in [-0.2, 0) is 16.8 Å². The van der Waals surface area contributed by atoms with Crippen LogP contribution in [0.15, 0.2) is 78.9 Å². The van der Waals surface area contributed by atoms with Gasteiger partial charge in [0.2, 0.25) is 0 Å². The van der Waals surface area contributed by atoms with Crippen molar-refractivity contribution in [3.05, 3.63) is 95.6 Å². The van der Waals surface area contributed by atoms with Gasteiger partial charge in [-0.2, -0.15) is 0 Å². The van der Waals surface area contributed by atoms with Crippen LogP contribution >= 0.6 is 0 Å². The zero-order valence-corrected chi connectivity index (χ0v) is 18.1. The average Bonchev–Trinajstić information content (AvgIpc) is 2.77. The molecule has 0 saturated heterocycles. The largest absolute Gasteiger partial charge is 0.483 e. The van der Waals surface area contributed by atoms with E-state index < -0.39 is 0 Å². The predicted octanol–water partition coefficient (Wildman–Crippen LogP) is 4.93. The van der Waals surface area contributed by atoms with Crippen LogP contribution in [0.25, 0.3) is 0 Å². The molecule has 0 fully saturated rings. The smallest absolute Gasteiger partial charge is 0.262 e. The number of carbonyl (C=O) groups excluding carboxylic acids is 2. The zero-order chi connectivity index (χ0) is 22.3. The number of anilines is 1. The van der Waals surface area contributed by atoms with E-state index in [1.54, 1.807) is 24.3 Å². The fourth-order valence-corrected chi connectivity index (χ4v) is 3.14. The summed E-state index contributed by atoms with van der Waals surface area (Å²) in [4.78, 5) is 24.6. The lowest BCUT2D eigenvalue weighted by molar-refractivity contribution is -0.118. The van der Waals surface area contributed by atoms with Gasteiger partial charge < -0.3 is 15.4 Å². The minimum Gasteiger partial charge on any atom is -0.483 e. The van der Waals surface area contributed by atoms with E-state index in [9.17, 15) is 9.59 Å². The van der Waals surface area contributed by atoms with Gasteiger partial charge in [-0.05, 0) is 46.9 Å². The third-order valence-corrected chi connectivity index (χ3v) is 4.78. The van der Waals surface area contributed by atoms with Crippen LogP contribution in [0.5, 0.6) is 5.75 Å². The summed E-state index contributed by atoms with van der Waals surface area (Å²) < 4.78 is 5.76. The van der Waals surface area contributed by atoms with E-state index in [1.807, 2.05) is 54.6 Å². The third-order valence-electron chi connectivity index (χ3n) is 4.78. The molecule has 0 bridgehead atoms. The lowest BCUT2D eigenvalue weighted by Crippen LogP contribution is -2.23. The molecule has 0 spiro atoms. The number of ether oxygens (including phenoxy) is 1. The first-order chi connectivity index (χ1) is 14.8. The van der Waals surface area contributed by atoms with Crippen LogP contribution in [0.3, 0.4) is 0 Å². The Morgan fingerprint density at radius 1 is 0.839 bits per heavy atom. The first-order valence-electron chi connectivity index (χ1n) is 10.3. The van der Waals surface area contributed by atoms with Gasteiger partial charge in [-0.15, -0.1) is 0 Å². The number of para-hydroxylation sites is 1. The molecule has 0 heterocycles. The van der Waals surface area contributed by atoms with Crippen LogP contribution in [-0.4, -0.2) is 18.4 Å². The molecule has 3 aromatic carbocycles. The lowest BCUT2D eigenvalue weighted by Gasteiger charge is -2.22. The van der Waals surface area contributed by atoms with Crippen LogP contribution < -0.4 is 15.4 Å². The molecule has 5 heteroatoms. The fourth-order valence-electron chi connectivity index (χ4n) is 3.14. The van der Waals surface area contributed by atoms with Gasteiger partial charge in [0.25, 0.3) is 11.8 Å². The normalized spacial score (nSPS) is 10.9. The summed E-state index contributed by atoms with van der Waals surface area (Å²) in [6.45, 7) is 6.68. The van der Waals surface area contributed by atoms with Crippen molar-refractivity contribution < 1.29 is 14.3 Å². The first kappa shape index (κ1) is 22.1. The van der Waals surface area contributed by atoms with E-state index in [-0.39, 0.29) is 23.8 Å². The number of nitrogens with one attached hydrogen (secondary N) is 2. The fraction of sp³-hybridized carbons (Fsp3) is 0.231. The molecule has 0 atom stereocenters. The Bertz CT molecular complexity index is 1020. The Kier molecular flexibility index (Phi) is 7.08. The summed E-state index contributed by atoms with van der Waals surface area (Å²) in [5.41, 5.74) is 3.15. The van der Waals surface area contributed by atoms with E-state index >= 15 is 0 Å². The Morgan fingerprint density at radius 3 is 2.16 bits per heavy atom. The SMILES string of the molecule is CC(C)(C)c1ccccc1OCC(=O)Nc1ccc(C(=O)NCc2ccccc2)cc1. The van der Waals surface area contributed by atoms with E-state index in [1.165, 1.54) is 0 Å². The zero-order valence-electron chi connectivity index (χ0n) is 18.1. The van der Waals surface area contributed by atoms with Gasteiger partial charge >= 0.3 is 0 Å². The number of carbonyl (C=O) groups is 2. The average molecular weight is 417 g/mol. The molecule has 0 unspecified atom stereocenters. The monoisotopic (exact) mass is 416 g/mol. The van der Waals surface area contributed by atoms with Crippen molar-refractivity contribution in [3.8, 4) is 5.75 Å². The highest BCUT2D eigenvalue weighted by atomic mass is 16.5. The second-order valence-electron chi connectivity index (χ2n) is 8.33. The molecule has 0 aliphatic rings. The highest BCUT2D eigenvalue weighted by Crippen LogP contribution is 2.30. The standard InChI is InChI=1S/C26H28N2O3/c1-26(2,3)22-11-7-8-12-23(22)31-18-24(29)28-21-15-13-20(14-16-21)25(30)27-17-19-9-5-4-6-10-19/h4-16H,17-18H2,1-3H3,(H,27,30)(H,28,29). The molecular formula is C26H28N2O3. The Morgan fingerprint density at radius 2 is 1.48 bits per heavy atom. The Hall–Kier alpha value is -3.60. The number of hydrogen-bond donors (Lipinski definition) is 2. The van der Waals surface area contributed by atoms with E-state index in [0.717, 1.165) is 11.1 Å². The second kappa shape index (κ2) is 9.94. The molecule has 2 amide bonds. The maximum atomic E-state index is 12.3. The molecule has 2 N–H and O–H groups in total. The topological polar surface area (TPSA) is 67.4 Å². The van der Waals surface area contributed by atoms with E-state index in [0.29, 0.717) is 23.5 Å². The summed E-state index contributed by atoms with van der Waals surface area (Å²) in [5, 5.41) is 5.68. The molecule has 3 rings (SSSR count). The number of rotatable bonds is 7. The Balaban J connectivity index is 1.52. The highest BCUT2D eigenvalue weighted by Gasteiger charge is 2.19. The van der Waals surface area contributed by atoms with Crippen molar-refractivity contribution in [2.75, 3.05) is 11.9 Å². The van der Waals surface area contributed by atoms with Gasteiger partial charge in [0.1, 0.15) is 5.75 Å². The molecule has 0 aromatic heterocycles. The van der Waals surface area contributed by atoms with Gasteiger partial charge in [-0.1, -0.05) is 69.3 Å². The summed E-state index contributed by atoms with van der Waals surface area (Å²) >= 11 is 0. The van der Waals surface area contributed by atoms with Crippen molar-refractivity contribution in [2.45, 2.75) is 32.7 Å². The van der Waals surface area contributed by atoms with Gasteiger partial charge in [0, 0.05) is 17.8 Å². The number of hydrogen-bond acceptors (Lipinski definition) is 3. The third kappa shape index (κ3) is 6.44. The Labute approximate surface area is 183 Å². The van der Waals surface area contributed by atoms with Crippen molar-refractivity contribution >= 4 is 17.5 Å². The van der Waals surface area contributed by atoms with Crippen LogP contribution in [0.1, 0.15) is 42.3 Å². The summed E-state index contributed by atoms with van der Waals surface area (Å²) in [6.07, 6.45) is 0. The van der Waals surface area contributed by atoms with Crippen LogP contribution in [0.4, 0.5) is 5.69 Å². The summed E-state index contributed by atoms with van der Waals surface area (Å²) in [6, 6.07) is 24.2. The summed E-state index contributed by atoms with van der Waals surface area (Å²) in [7, 11) is 0. The molecule has 0 radical (unpaired) electrons. The van der Waals surface area contributed by atoms with Gasteiger partial charge in [-0.25, -0.2) is 0 Å². The molecule has 31 heavy (non-hydrogen) atoms. The minimum absolute atomic E-state index is 0.0794. The molecule has 3 aromatic rings. The summed E-state index contributed by atoms with van der Waals surface area (Å²) in [5.74, 6) is 0.282. The van der Waals surface area contributed by atoms with Crippen LogP contribution in [0.2, 0.25) is 0 Å². The molecule has 5 nitrogen and oxygen atoms in total. The molecule has 0 saturated carbocycles. The van der Waals surface area contributed by atoms with E-state index in [2.05, 4.69) is 31.4 Å².